The molecule has 2 aliphatic rings. The van der Waals surface area contributed by atoms with E-state index in [1.165, 1.54) is 0 Å². The number of H-pyrrole nitrogens is 1. The Bertz CT molecular complexity index is 1060. The number of aromatic nitrogens is 2. The molecular formula is C20H26N7O4+. The topological polar surface area (TPSA) is 176 Å². The van der Waals surface area contributed by atoms with Gasteiger partial charge in [-0.15, -0.1) is 0 Å². The smallest absolute Gasteiger partial charge is 0.240 e. The van der Waals surface area contributed by atoms with Crippen LogP contribution in [0.2, 0.25) is 0 Å². The van der Waals surface area contributed by atoms with Crippen molar-refractivity contribution in [3.05, 3.63) is 11.1 Å². The minimum absolute atomic E-state index is 0.0570. The number of aromatic amines is 1. The molecule has 2 aliphatic heterocycles. The van der Waals surface area contributed by atoms with Gasteiger partial charge in [0.2, 0.25) is 17.5 Å². The molecule has 11 nitrogen and oxygen atoms in total. The number of hydrogen-bond donors (Lipinski definition) is 4. The Morgan fingerprint density at radius 3 is 2.65 bits per heavy atom. The highest BCUT2D eigenvalue weighted by atomic mass is 16.5. The number of rotatable bonds is 7. The van der Waals surface area contributed by atoms with Gasteiger partial charge in [0.15, 0.2) is 0 Å². The molecule has 4 rings (SSSR count). The zero-order chi connectivity index (χ0) is 22.1. The van der Waals surface area contributed by atoms with E-state index in [-0.39, 0.29) is 61.9 Å². The Kier molecular flexibility index (Phi) is 5.77. The second kappa shape index (κ2) is 8.50. The van der Waals surface area contributed by atoms with E-state index >= 15 is 0 Å². The Labute approximate surface area is 178 Å². The molecule has 0 spiro atoms. The van der Waals surface area contributed by atoms with Crippen LogP contribution in [0.4, 0.5) is 23.3 Å². The van der Waals surface area contributed by atoms with Crippen molar-refractivity contribution in [1.82, 2.24) is 4.98 Å². The van der Waals surface area contributed by atoms with Crippen LogP contribution in [0.5, 0.6) is 0 Å². The lowest BCUT2D eigenvalue weighted by Gasteiger charge is -2.22. The molecule has 1 atom stereocenters. The highest BCUT2D eigenvalue weighted by Gasteiger charge is 2.37. The van der Waals surface area contributed by atoms with E-state index in [1.807, 2.05) is 0 Å². The molecule has 0 radical (unpaired) electrons. The third-order valence-corrected chi connectivity index (χ3v) is 5.78. The lowest BCUT2D eigenvalue weighted by Crippen LogP contribution is -2.36. The lowest BCUT2D eigenvalue weighted by molar-refractivity contribution is -0.345. The van der Waals surface area contributed by atoms with Gasteiger partial charge in [-0.1, -0.05) is 0 Å². The van der Waals surface area contributed by atoms with Crippen LogP contribution in [0.15, 0.2) is 0 Å². The molecule has 0 aliphatic carbocycles. The van der Waals surface area contributed by atoms with E-state index in [0.717, 1.165) is 12.8 Å². The summed E-state index contributed by atoms with van der Waals surface area (Å²) >= 11 is 0. The molecule has 2 aromatic rings. The van der Waals surface area contributed by atoms with Crippen molar-refractivity contribution in [2.45, 2.75) is 25.4 Å². The number of hydrogen-bond acceptors (Lipinski definition) is 9. The first-order chi connectivity index (χ1) is 15.0. The number of fused-ring (bicyclic) bond motifs is 3. The van der Waals surface area contributed by atoms with Crippen molar-refractivity contribution in [2.24, 2.45) is 0 Å². The molecule has 2 aromatic heterocycles. The van der Waals surface area contributed by atoms with E-state index in [1.54, 1.807) is 9.80 Å². The molecular weight excluding hydrogens is 402 g/mol. The van der Waals surface area contributed by atoms with E-state index in [9.17, 15) is 20.3 Å². The molecule has 0 saturated carbocycles. The van der Waals surface area contributed by atoms with Crippen molar-refractivity contribution in [1.29, 1.82) is 5.26 Å². The number of ether oxygens (including phenoxy) is 1. The Morgan fingerprint density at radius 1 is 1.29 bits per heavy atom. The van der Waals surface area contributed by atoms with Gasteiger partial charge in [-0.05, 0) is 12.8 Å². The van der Waals surface area contributed by atoms with Crippen molar-refractivity contribution in [3.8, 4) is 6.07 Å². The van der Waals surface area contributed by atoms with Crippen LogP contribution in [0.1, 0.15) is 24.0 Å². The third kappa shape index (κ3) is 3.59. The van der Waals surface area contributed by atoms with E-state index in [2.05, 4.69) is 16.0 Å². The molecule has 164 valence electrons. The Morgan fingerprint density at radius 2 is 2.03 bits per heavy atom. The van der Waals surface area contributed by atoms with Gasteiger partial charge in [-0.25, -0.2) is 9.97 Å². The van der Waals surface area contributed by atoms with Gasteiger partial charge < -0.3 is 26.4 Å². The fourth-order valence-electron chi connectivity index (χ4n) is 4.41. The molecule has 1 saturated heterocycles. The van der Waals surface area contributed by atoms with Crippen molar-refractivity contribution in [3.63, 3.8) is 0 Å². The number of nitrogens with two attached hydrogens (primary N) is 2. The summed E-state index contributed by atoms with van der Waals surface area (Å²) in [5.41, 5.74) is 13.3. The fourth-order valence-corrected chi connectivity index (χ4v) is 4.41. The largest absolute Gasteiger partial charge is 0.393 e. The molecule has 0 bridgehead atoms. The molecule has 31 heavy (non-hydrogen) atoms. The van der Waals surface area contributed by atoms with E-state index < -0.39 is 0 Å². The zero-order valence-electron chi connectivity index (χ0n) is 17.1. The SMILES string of the molecule is N#Cc1c(N(CCO)CCO)[nH+]c(N)c2c(N)nc3c(c12)CC(=O)N3C[C@H]1CCCO1. The first kappa shape index (κ1) is 21.0. The van der Waals surface area contributed by atoms with Crippen LogP contribution in [-0.2, 0) is 16.0 Å². The number of aliphatic hydroxyl groups excluding tert-OH is 2. The summed E-state index contributed by atoms with van der Waals surface area (Å²) in [5, 5.41) is 29.8. The van der Waals surface area contributed by atoms with Gasteiger partial charge in [0.1, 0.15) is 23.3 Å². The Balaban J connectivity index is 1.92. The number of nitrogen functional groups attached to an aromatic ring is 2. The van der Waals surface area contributed by atoms with Gasteiger partial charge in [0.05, 0.1) is 50.8 Å². The number of nitrogens with one attached hydrogen (secondary N) is 1. The monoisotopic (exact) mass is 428 g/mol. The highest BCUT2D eigenvalue weighted by molar-refractivity contribution is 6.12. The maximum absolute atomic E-state index is 12.9. The average Bonchev–Trinajstić information content (AvgIpc) is 3.36. The molecule has 4 heterocycles. The zero-order valence-corrected chi connectivity index (χ0v) is 17.1. The summed E-state index contributed by atoms with van der Waals surface area (Å²) in [7, 11) is 0. The number of aliphatic hydroxyl groups is 2. The first-order valence-corrected chi connectivity index (χ1v) is 10.3. The van der Waals surface area contributed by atoms with Crippen molar-refractivity contribution < 1.29 is 24.7 Å². The molecule has 0 aromatic carbocycles. The number of amides is 1. The number of pyridine rings is 2. The minimum Gasteiger partial charge on any atom is -0.393 e. The molecule has 1 amide bonds. The molecule has 0 unspecified atom stereocenters. The van der Waals surface area contributed by atoms with Crippen LogP contribution in [0, 0.1) is 11.3 Å². The molecule has 1 fully saturated rings. The second-order valence-corrected chi connectivity index (χ2v) is 7.67. The average molecular weight is 428 g/mol. The summed E-state index contributed by atoms with van der Waals surface area (Å²) in [4.78, 5) is 23.5. The minimum atomic E-state index is -0.180. The predicted octanol–water partition coefficient (Wildman–Crippen LogP) is -1.06. The van der Waals surface area contributed by atoms with E-state index in [0.29, 0.717) is 41.1 Å². The molecule has 7 N–H and O–H groups in total. The highest BCUT2D eigenvalue weighted by Crippen LogP contribution is 2.40. The first-order valence-electron chi connectivity index (χ1n) is 10.3. The molecule has 11 heteroatoms. The predicted molar refractivity (Wildman–Crippen MR) is 113 cm³/mol. The van der Waals surface area contributed by atoms with Crippen LogP contribution in [0.25, 0.3) is 10.8 Å². The summed E-state index contributed by atoms with van der Waals surface area (Å²) < 4.78 is 5.68. The number of nitriles is 1. The van der Waals surface area contributed by atoms with Crippen LogP contribution < -0.4 is 26.3 Å². The van der Waals surface area contributed by atoms with Crippen molar-refractivity contribution in [2.75, 3.05) is 60.7 Å². The quantitative estimate of drug-likeness (QED) is 0.428. The summed E-state index contributed by atoms with van der Waals surface area (Å²) in [6.07, 6.45) is 1.84. The summed E-state index contributed by atoms with van der Waals surface area (Å²) in [6, 6.07) is 2.19. The van der Waals surface area contributed by atoms with Gasteiger partial charge in [-0.3, -0.25) is 14.6 Å². The van der Waals surface area contributed by atoms with Crippen LogP contribution in [-0.4, -0.2) is 66.7 Å². The van der Waals surface area contributed by atoms with Crippen LogP contribution in [0.3, 0.4) is 0 Å². The normalized spacial score (nSPS) is 17.9. The standard InChI is InChI=1S/C20H25N7O4/c21-9-13-15-12-8-14(30)27(10-11-2-1-7-31-11)20(12)25-18(23)16(15)17(22)24-19(13)26(3-5-28)4-6-29/h11,28-29H,1-8,10H2,(H2,22,24)(H2,23,25)/p+1/t11-/m1/s1. The Hall–Kier alpha value is -3.20. The van der Waals surface area contributed by atoms with Crippen molar-refractivity contribution >= 4 is 40.0 Å². The maximum Gasteiger partial charge on any atom is 0.240 e. The maximum atomic E-state index is 12.9. The van der Waals surface area contributed by atoms with Gasteiger partial charge in [-0.2, -0.15) is 5.26 Å². The van der Waals surface area contributed by atoms with E-state index in [4.69, 9.17) is 16.2 Å². The summed E-state index contributed by atoms with van der Waals surface area (Å²) in [5.74, 6) is 0.961. The number of carbonyl (C=O) groups excluding carboxylic acids is 1. The number of anilines is 4. The van der Waals surface area contributed by atoms with Crippen LogP contribution >= 0.6 is 0 Å². The second-order valence-electron chi connectivity index (χ2n) is 7.67. The third-order valence-electron chi connectivity index (χ3n) is 5.78. The number of nitrogens with zero attached hydrogens (tertiary/aromatic N) is 4. The van der Waals surface area contributed by atoms with Gasteiger partial charge in [0.25, 0.3) is 0 Å². The fraction of sp³-hybridized carbons (Fsp3) is 0.500. The number of carbonyl (C=O) groups is 1. The van der Waals surface area contributed by atoms with Gasteiger partial charge >= 0.3 is 0 Å². The van der Waals surface area contributed by atoms with Gasteiger partial charge in [0, 0.05) is 17.6 Å². The lowest BCUT2D eigenvalue weighted by atomic mass is 10.0. The summed E-state index contributed by atoms with van der Waals surface area (Å²) in [6.45, 7) is 1.07.